The average molecular weight is 830 g/mol. The Morgan fingerprint density at radius 1 is 0.930 bits per heavy atom. The van der Waals surface area contributed by atoms with Crippen LogP contribution in [0.4, 0.5) is 0 Å². The third-order valence-corrected chi connectivity index (χ3v) is 16.0. The first-order chi connectivity index (χ1) is 26.0. The predicted molar refractivity (Wildman–Crippen MR) is 202 cm³/mol. The summed E-state index contributed by atoms with van der Waals surface area (Å²) < 4.78 is 31.3. The lowest BCUT2D eigenvalue weighted by Crippen LogP contribution is -2.78. The molecule has 57 heavy (non-hydrogen) atoms. The van der Waals surface area contributed by atoms with Crippen molar-refractivity contribution in [3.05, 3.63) is 0 Å². The van der Waals surface area contributed by atoms with Gasteiger partial charge in [-0.05, 0) is 76.5 Å². The number of hydrogen-bond acceptors (Lipinski definition) is 15. The second-order valence-corrected chi connectivity index (χ2v) is 19.2. The average Bonchev–Trinajstić information content (AvgIpc) is 3.40. The zero-order valence-corrected chi connectivity index (χ0v) is 35.5. The topological polar surface area (TPSA) is 219 Å². The number of esters is 4. The van der Waals surface area contributed by atoms with Gasteiger partial charge in [0, 0.05) is 44.3 Å². The molecule has 4 bridgehead atoms. The van der Waals surface area contributed by atoms with Crippen LogP contribution < -0.4 is 0 Å². The van der Waals surface area contributed by atoms with Gasteiger partial charge >= 0.3 is 23.9 Å². The maximum Gasteiger partial charge on any atom is 0.338 e. The highest BCUT2D eigenvalue weighted by Crippen LogP contribution is 2.78. The van der Waals surface area contributed by atoms with Crippen molar-refractivity contribution >= 4 is 36.3 Å². The predicted octanol–water partition coefficient (Wildman–Crippen LogP) is 2.03. The monoisotopic (exact) mass is 829 g/mol. The summed E-state index contributed by atoms with van der Waals surface area (Å²) in [5, 5.41) is 62.9. The molecule has 7 rings (SSSR count). The molecule has 0 aromatic rings. The fraction of sp³-hybridized carbons (Fsp3) is 0.902. The molecule has 3 aliphatic heterocycles. The van der Waals surface area contributed by atoms with Crippen LogP contribution in [0.2, 0.25) is 0 Å². The zero-order valence-electron chi connectivity index (χ0n) is 34.6. The maximum absolute atomic E-state index is 13.9. The number of aliphatic hydroxyl groups is 5. The Balaban J connectivity index is 0.00000549. The van der Waals surface area contributed by atoms with Crippen LogP contribution in [-0.4, -0.2) is 132 Å². The Morgan fingerprint density at radius 2 is 1.54 bits per heavy atom. The summed E-state index contributed by atoms with van der Waals surface area (Å²) in [6, 6.07) is -0.309. The van der Waals surface area contributed by atoms with Crippen LogP contribution in [0.5, 0.6) is 0 Å². The second-order valence-electron chi connectivity index (χ2n) is 19.2. The van der Waals surface area contributed by atoms with Crippen molar-refractivity contribution in [2.45, 2.75) is 172 Å². The van der Waals surface area contributed by atoms with E-state index in [0.29, 0.717) is 31.8 Å². The van der Waals surface area contributed by atoms with Crippen molar-refractivity contribution in [1.29, 1.82) is 0 Å². The van der Waals surface area contributed by atoms with E-state index in [0.717, 1.165) is 6.42 Å². The van der Waals surface area contributed by atoms with E-state index in [1.54, 1.807) is 20.8 Å². The van der Waals surface area contributed by atoms with Gasteiger partial charge in [-0.3, -0.25) is 19.3 Å². The van der Waals surface area contributed by atoms with E-state index in [4.69, 9.17) is 23.7 Å². The molecule has 3 heterocycles. The van der Waals surface area contributed by atoms with Gasteiger partial charge in [0.05, 0.1) is 35.1 Å². The van der Waals surface area contributed by atoms with Gasteiger partial charge in [0.25, 0.3) is 0 Å². The SMILES string of the molecule is CC[C@@H](C)C(=O)O[C@H]1[C@H](O)[C@H]2[C@@H](CN3C[C@@H](C)CC[C@H]3[C@@]2(C)O)[C@@H]2C[C@]34OC5(O)[C@@H](OC(=O)[C@@](C)(O)CC)CC[C@@]3(C)[C@@H]5[C@@H](OC(C)=O)[C@@H](OC(C)=O)[C@H]4[C@@]21O.Cl. The number of fused-ring (bicyclic) bond motifs is 5. The van der Waals surface area contributed by atoms with E-state index in [2.05, 4.69) is 11.8 Å². The molecule has 3 saturated heterocycles. The van der Waals surface area contributed by atoms with Gasteiger partial charge in [-0.1, -0.05) is 34.6 Å². The lowest BCUT2D eigenvalue weighted by molar-refractivity contribution is -0.301. The third-order valence-electron chi connectivity index (χ3n) is 16.0. The van der Waals surface area contributed by atoms with Gasteiger partial charge in [0.15, 0.2) is 17.8 Å². The Labute approximate surface area is 340 Å². The number of halogens is 1. The molecule has 5 N–H and O–H groups in total. The first kappa shape index (κ1) is 44.4. The van der Waals surface area contributed by atoms with E-state index in [9.17, 15) is 44.7 Å². The van der Waals surface area contributed by atoms with Crippen molar-refractivity contribution < 1.29 is 68.4 Å². The van der Waals surface area contributed by atoms with Gasteiger partial charge in [-0.2, -0.15) is 0 Å². The van der Waals surface area contributed by atoms with Crippen molar-refractivity contribution in [2.75, 3.05) is 13.1 Å². The van der Waals surface area contributed by atoms with Crippen LogP contribution in [0.1, 0.15) is 107 Å². The smallest absolute Gasteiger partial charge is 0.338 e. The minimum absolute atomic E-state index is 0. The van der Waals surface area contributed by atoms with Gasteiger partial charge < -0.3 is 49.2 Å². The summed E-state index contributed by atoms with van der Waals surface area (Å²) in [6.07, 6.45) is -5.31. The largest absolute Gasteiger partial charge is 0.458 e. The molecule has 1 spiro atoms. The third kappa shape index (κ3) is 6.13. The van der Waals surface area contributed by atoms with Crippen LogP contribution in [0, 0.1) is 46.8 Å². The molecule has 7 fully saturated rings. The maximum atomic E-state index is 13.9. The van der Waals surface area contributed by atoms with E-state index >= 15 is 0 Å². The van der Waals surface area contributed by atoms with E-state index in [1.807, 2.05) is 13.8 Å². The molecule has 16 heteroatoms. The first-order valence-electron chi connectivity index (χ1n) is 20.7. The number of piperidine rings is 2. The number of carbonyl (C=O) groups excluding carboxylic acids is 4. The van der Waals surface area contributed by atoms with Crippen molar-refractivity contribution in [3.8, 4) is 0 Å². The molecule has 7 aliphatic rings. The van der Waals surface area contributed by atoms with Crippen molar-refractivity contribution in [1.82, 2.24) is 4.90 Å². The van der Waals surface area contributed by atoms with Crippen LogP contribution >= 0.6 is 12.4 Å². The summed E-state index contributed by atoms with van der Waals surface area (Å²) in [5.41, 5.74) is -8.37. The summed E-state index contributed by atoms with van der Waals surface area (Å²) >= 11 is 0. The van der Waals surface area contributed by atoms with Crippen LogP contribution in [-0.2, 0) is 42.9 Å². The van der Waals surface area contributed by atoms with E-state index in [-0.39, 0.29) is 44.1 Å². The van der Waals surface area contributed by atoms with Crippen LogP contribution in [0.3, 0.4) is 0 Å². The van der Waals surface area contributed by atoms with E-state index in [1.165, 1.54) is 20.8 Å². The molecule has 324 valence electrons. The minimum atomic E-state index is -2.38. The Morgan fingerprint density at radius 3 is 2.12 bits per heavy atom. The zero-order chi connectivity index (χ0) is 41.3. The van der Waals surface area contributed by atoms with Gasteiger partial charge in [-0.15, -0.1) is 12.4 Å². The number of carbonyl (C=O) groups is 4. The lowest BCUT2D eigenvalue weighted by atomic mass is 9.48. The van der Waals surface area contributed by atoms with Gasteiger partial charge in [0.2, 0.25) is 5.79 Å². The second kappa shape index (κ2) is 14.5. The molecule has 0 aromatic heterocycles. The molecular formula is C41H64ClNO14. The molecule has 4 saturated carbocycles. The summed E-state index contributed by atoms with van der Waals surface area (Å²) in [6.45, 7) is 15.5. The molecule has 0 aromatic carbocycles. The quantitative estimate of drug-likeness (QED) is 0.175. The number of hydrogen-bond donors (Lipinski definition) is 5. The highest BCUT2D eigenvalue weighted by Gasteiger charge is 2.90. The fourth-order valence-electron chi connectivity index (χ4n) is 13.1. The molecule has 4 aliphatic carbocycles. The summed E-state index contributed by atoms with van der Waals surface area (Å²) in [5.74, 6) is -10.8. The van der Waals surface area contributed by atoms with Crippen LogP contribution in [0.15, 0.2) is 0 Å². The lowest BCUT2D eigenvalue weighted by Gasteiger charge is -2.64. The first-order valence-corrected chi connectivity index (χ1v) is 20.7. The van der Waals surface area contributed by atoms with Gasteiger partial charge in [0.1, 0.15) is 17.8 Å². The highest BCUT2D eigenvalue weighted by molar-refractivity contribution is 5.85. The van der Waals surface area contributed by atoms with Gasteiger partial charge in [-0.25, -0.2) is 4.79 Å². The fourth-order valence-corrected chi connectivity index (χ4v) is 13.1. The summed E-state index contributed by atoms with van der Waals surface area (Å²) in [7, 11) is 0. The van der Waals surface area contributed by atoms with Crippen molar-refractivity contribution in [2.24, 2.45) is 46.8 Å². The standard InChI is InChI=1S/C41H63NO14.ClH/c1-10-20(4)34(46)55-33-28(45)27-23(18-42-17-19(3)12-13-25(42)38(27,9)49)24-16-39-32(40(24,33)50)30(53-22(6)44)29(52-21(5)43)31-36(39,7)15-14-26(41(31,51)56-39)54-35(47)37(8,48)11-2;/h19-20,23-33,45,48-51H,10-18H2,1-9H3;1H/t19-,20+,23-,24-,25-,26-,27+,28+,29-,30+,31-,32+,33-,36-,37-,38+,39+,40-,41?;/m0./s1. The normalized spacial score (nSPS) is 49.6. The highest BCUT2D eigenvalue weighted by atomic mass is 35.5. The van der Waals surface area contributed by atoms with E-state index < -0.39 is 124 Å². The summed E-state index contributed by atoms with van der Waals surface area (Å²) in [4.78, 5) is 55.6. The van der Waals surface area contributed by atoms with Crippen LogP contribution in [0.25, 0.3) is 0 Å². The number of nitrogens with zero attached hydrogens (tertiary/aromatic N) is 1. The molecule has 19 atom stereocenters. The number of aliphatic hydroxyl groups excluding tert-OH is 1. The minimum Gasteiger partial charge on any atom is -0.458 e. The Bertz CT molecular complexity index is 1630. The molecule has 0 radical (unpaired) electrons. The number of rotatable bonds is 8. The Kier molecular flexibility index (Phi) is 11.3. The molecular weight excluding hydrogens is 766 g/mol. The number of ether oxygens (including phenoxy) is 5. The van der Waals surface area contributed by atoms with Crippen molar-refractivity contribution in [3.63, 3.8) is 0 Å². The Hall–Kier alpha value is -2.11. The molecule has 1 unspecified atom stereocenters. The molecule has 0 amide bonds. The molecule has 15 nitrogen and oxygen atoms in total.